The number of rotatable bonds is 6. The van der Waals surface area contributed by atoms with Crippen LogP contribution in [0.1, 0.15) is 49.5 Å². The normalized spacial score (nSPS) is 18.9. The fourth-order valence-corrected chi connectivity index (χ4v) is 2.67. The maximum Gasteiger partial charge on any atom is 0.357 e. The molecule has 2 heterocycles. The van der Waals surface area contributed by atoms with Gasteiger partial charge in [-0.25, -0.2) is 9.78 Å². The van der Waals surface area contributed by atoms with E-state index in [1.807, 2.05) is 13.8 Å². The van der Waals surface area contributed by atoms with Gasteiger partial charge in [-0.15, -0.1) is 0 Å². The third-order valence-electron chi connectivity index (χ3n) is 4.32. The summed E-state index contributed by atoms with van der Waals surface area (Å²) in [5.74, 6) is -1.42. The first-order chi connectivity index (χ1) is 11.4. The smallest absolute Gasteiger partial charge is 0.357 e. The van der Waals surface area contributed by atoms with Crippen molar-refractivity contribution in [2.24, 2.45) is 11.8 Å². The molecule has 1 aliphatic rings. The molecular weight excluding hydrogens is 314 g/mol. The average molecular weight is 337 g/mol. The predicted octanol–water partition coefficient (Wildman–Crippen LogP) is 1.27. The summed E-state index contributed by atoms with van der Waals surface area (Å²) in [5.41, 5.74) is -0.192. The second kappa shape index (κ2) is 7.94. The van der Waals surface area contributed by atoms with Gasteiger partial charge in [0.15, 0.2) is 5.69 Å². The number of aromatic carboxylic acids is 1. The van der Waals surface area contributed by atoms with Crippen LogP contribution in [0.15, 0.2) is 10.7 Å². The van der Waals surface area contributed by atoms with Crippen molar-refractivity contribution in [3.8, 4) is 0 Å². The molecule has 0 aromatic carbocycles. The zero-order valence-corrected chi connectivity index (χ0v) is 13.9. The van der Waals surface area contributed by atoms with Gasteiger partial charge in [-0.05, 0) is 19.3 Å². The highest BCUT2D eigenvalue weighted by molar-refractivity contribution is 5.85. The SMILES string of the molecule is CC[C@H](C)C(=O)N1CCC[C@@H](C(=O)NCc2nc(C(=O)O)co2)C1. The van der Waals surface area contributed by atoms with Crippen LogP contribution in [0.25, 0.3) is 0 Å². The summed E-state index contributed by atoms with van der Waals surface area (Å²) < 4.78 is 5.00. The highest BCUT2D eigenvalue weighted by Crippen LogP contribution is 2.19. The maximum atomic E-state index is 12.3. The number of carbonyl (C=O) groups excluding carboxylic acids is 2. The van der Waals surface area contributed by atoms with Crippen LogP contribution in [-0.2, 0) is 16.1 Å². The quantitative estimate of drug-likeness (QED) is 0.808. The third kappa shape index (κ3) is 4.33. The Morgan fingerprint density at radius 3 is 2.88 bits per heavy atom. The Balaban J connectivity index is 1.87. The minimum Gasteiger partial charge on any atom is -0.476 e. The summed E-state index contributed by atoms with van der Waals surface area (Å²) in [6.45, 7) is 5.00. The van der Waals surface area contributed by atoms with Crippen molar-refractivity contribution in [1.82, 2.24) is 15.2 Å². The van der Waals surface area contributed by atoms with Crippen LogP contribution in [0.3, 0.4) is 0 Å². The molecular formula is C16H23N3O5. The number of hydrogen-bond acceptors (Lipinski definition) is 5. The van der Waals surface area contributed by atoms with Gasteiger partial charge in [-0.2, -0.15) is 0 Å². The van der Waals surface area contributed by atoms with Crippen LogP contribution in [0, 0.1) is 11.8 Å². The van der Waals surface area contributed by atoms with Crippen molar-refractivity contribution in [2.45, 2.75) is 39.7 Å². The number of nitrogens with zero attached hydrogens (tertiary/aromatic N) is 2. The molecule has 8 nitrogen and oxygen atoms in total. The number of hydrogen-bond donors (Lipinski definition) is 2. The molecule has 0 radical (unpaired) electrons. The first kappa shape index (κ1) is 18.0. The average Bonchev–Trinajstić information content (AvgIpc) is 3.07. The Morgan fingerprint density at radius 1 is 1.50 bits per heavy atom. The summed E-state index contributed by atoms with van der Waals surface area (Å²) >= 11 is 0. The fraction of sp³-hybridized carbons (Fsp3) is 0.625. The van der Waals surface area contributed by atoms with E-state index < -0.39 is 5.97 Å². The lowest BCUT2D eigenvalue weighted by Crippen LogP contribution is -2.46. The minimum absolute atomic E-state index is 0.0297. The summed E-state index contributed by atoms with van der Waals surface area (Å²) in [7, 11) is 0. The van der Waals surface area contributed by atoms with Gasteiger partial charge in [0.25, 0.3) is 0 Å². The Morgan fingerprint density at radius 2 is 2.25 bits per heavy atom. The number of piperidine rings is 1. The van der Waals surface area contributed by atoms with E-state index >= 15 is 0 Å². The zero-order valence-electron chi connectivity index (χ0n) is 13.9. The number of aromatic nitrogens is 1. The molecule has 132 valence electrons. The summed E-state index contributed by atoms with van der Waals surface area (Å²) in [6.07, 6.45) is 3.34. The summed E-state index contributed by atoms with van der Waals surface area (Å²) in [4.78, 5) is 40.8. The molecule has 1 aromatic rings. The van der Waals surface area contributed by atoms with Crippen molar-refractivity contribution in [3.05, 3.63) is 17.8 Å². The number of oxazole rings is 1. The Hall–Kier alpha value is -2.38. The van der Waals surface area contributed by atoms with Crippen LogP contribution in [0.4, 0.5) is 0 Å². The minimum atomic E-state index is -1.18. The molecule has 24 heavy (non-hydrogen) atoms. The van der Waals surface area contributed by atoms with Gasteiger partial charge in [0.2, 0.25) is 17.7 Å². The first-order valence-corrected chi connectivity index (χ1v) is 8.16. The van der Waals surface area contributed by atoms with Crippen LogP contribution >= 0.6 is 0 Å². The predicted molar refractivity (Wildman–Crippen MR) is 84.1 cm³/mol. The molecule has 2 atom stereocenters. The summed E-state index contributed by atoms with van der Waals surface area (Å²) in [6, 6.07) is 0. The molecule has 0 aliphatic carbocycles. The standard InChI is InChI=1S/C16H23N3O5/c1-3-10(2)15(21)19-6-4-5-11(8-19)14(20)17-7-13-18-12(9-24-13)16(22)23/h9-11H,3-8H2,1-2H3,(H,17,20)(H,22,23)/t10-,11+/m0/s1. The first-order valence-electron chi connectivity index (χ1n) is 8.16. The number of carboxylic acids is 1. The molecule has 0 spiro atoms. The lowest BCUT2D eigenvalue weighted by molar-refractivity contribution is -0.139. The monoisotopic (exact) mass is 337 g/mol. The van der Waals surface area contributed by atoms with Gasteiger partial charge in [0.1, 0.15) is 6.26 Å². The topological polar surface area (TPSA) is 113 Å². The van der Waals surface area contributed by atoms with Crippen molar-refractivity contribution < 1.29 is 23.9 Å². The second-order valence-electron chi connectivity index (χ2n) is 6.08. The van der Waals surface area contributed by atoms with E-state index in [2.05, 4.69) is 10.3 Å². The number of amides is 2. The molecule has 0 unspecified atom stereocenters. The number of carboxylic acid groups (broad SMARTS) is 1. The van der Waals surface area contributed by atoms with Crippen molar-refractivity contribution >= 4 is 17.8 Å². The zero-order chi connectivity index (χ0) is 17.7. The lowest BCUT2D eigenvalue weighted by atomic mass is 9.95. The van der Waals surface area contributed by atoms with Gasteiger partial charge >= 0.3 is 5.97 Å². The maximum absolute atomic E-state index is 12.3. The molecule has 2 rings (SSSR count). The number of likely N-dealkylation sites (tertiary alicyclic amines) is 1. The molecule has 1 saturated heterocycles. The highest BCUT2D eigenvalue weighted by atomic mass is 16.4. The second-order valence-corrected chi connectivity index (χ2v) is 6.08. The van der Waals surface area contributed by atoms with Crippen molar-refractivity contribution in [2.75, 3.05) is 13.1 Å². The Kier molecular flexibility index (Phi) is 5.94. The number of carbonyl (C=O) groups is 3. The van der Waals surface area contributed by atoms with Crippen molar-refractivity contribution in [3.63, 3.8) is 0 Å². The highest BCUT2D eigenvalue weighted by Gasteiger charge is 2.30. The van der Waals surface area contributed by atoms with E-state index in [9.17, 15) is 14.4 Å². The van der Waals surface area contributed by atoms with E-state index in [0.717, 1.165) is 25.5 Å². The van der Waals surface area contributed by atoms with E-state index in [0.29, 0.717) is 13.1 Å². The van der Waals surface area contributed by atoms with Gasteiger partial charge in [-0.3, -0.25) is 9.59 Å². The fourth-order valence-electron chi connectivity index (χ4n) is 2.67. The van der Waals surface area contributed by atoms with Gasteiger partial charge in [-0.1, -0.05) is 13.8 Å². The molecule has 1 fully saturated rings. The third-order valence-corrected chi connectivity index (χ3v) is 4.32. The van der Waals surface area contributed by atoms with E-state index in [1.165, 1.54) is 0 Å². The summed E-state index contributed by atoms with van der Waals surface area (Å²) in [5, 5.41) is 11.5. The Bertz CT molecular complexity index is 613. The van der Waals surface area contributed by atoms with Crippen LogP contribution in [0.5, 0.6) is 0 Å². The molecule has 2 N–H and O–H groups in total. The molecule has 0 bridgehead atoms. The molecule has 0 saturated carbocycles. The van der Waals surface area contributed by atoms with Gasteiger partial charge in [0.05, 0.1) is 12.5 Å². The number of nitrogens with one attached hydrogen (secondary N) is 1. The molecule has 1 aromatic heterocycles. The van der Waals surface area contributed by atoms with Crippen molar-refractivity contribution in [1.29, 1.82) is 0 Å². The van der Waals surface area contributed by atoms with E-state index in [-0.39, 0.29) is 41.8 Å². The van der Waals surface area contributed by atoms with Crippen LogP contribution < -0.4 is 5.32 Å². The molecule has 2 amide bonds. The van der Waals surface area contributed by atoms with Gasteiger partial charge in [0, 0.05) is 19.0 Å². The molecule has 8 heteroatoms. The largest absolute Gasteiger partial charge is 0.476 e. The van der Waals surface area contributed by atoms with Crippen LogP contribution in [-0.4, -0.2) is 45.9 Å². The Labute approximate surface area is 140 Å². The van der Waals surface area contributed by atoms with Gasteiger partial charge < -0.3 is 19.7 Å². The van der Waals surface area contributed by atoms with Crippen LogP contribution in [0.2, 0.25) is 0 Å². The lowest BCUT2D eigenvalue weighted by Gasteiger charge is -2.33. The van der Waals surface area contributed by atoms with E-state index in [1.54, 1.807) is 4.90 Å². The molecule has 1 aliphatic heterocycles. The van der Waals surface area contributed by atoms with E-state index in [4.69, 9.17) is 9.52 Å².